The Morgan fingerprint density at radius 2 is 2.00 bits per heavy atom. The maximum Gasteiger partial charge on any atom is 0.342 e. The molecule has 0 aliphatic carbocycles. The Labute approximate surface area is 146 Å². The SMILES string of the molecule is COc1cc(O)c2c(c1)/C=C/CC(O)CC(=O)/C=C/[C@@H](C)COC2=O. The molecule has 25 heavy (non-hydrogen) atoms. The summed E-state index contributed by atoms with van der Waals surface area (Å²) in [6.45, 7) is 1.87. The van der Waals surface area contributed by atoms with E-state index in [4.69, 9.17) is 9.47 Å². The van der Waals surface area contributed by atoms with E-state index < -0.39 is 12.1 Å². The number of methoxy groups -OCH3 is 1. The largest absolute Gasteiger partial charge is 0.507 e. The summed E-state index contributed by atoms with van der Waals surface area (Å²) >= 11 is 0. The van der Waals surface area contributed by atoms with Gasteiger partial charge in [-0.2, -0.15) is 0 Å². The lowest BCUT2D eigenvalue weighted by molar-refractivity contribution is -0.116. The molecular formula is C19H22O6. The number of rotatable bonds is 1. The minimum absolute atomic E-state index is 0.0174. The molecule has 6 nitrogen and oxygen atoms in total. The van der Waals surface area contributed by atoms with E-state index in [-0.39, 0.29) is 42.5 Å². The fourth-order valence-electron chi connectivity index (χ4n) is 2.44. The number of benzene rings is 1. The van der Waals surface area contributed by atoms with E-state index in [1.54, 1.807) is 31.2 Å². The van der Waals surface area contributed by atoms with E-state index in [2.05, 4.69) is 0 Å². The van der Waals surface area contributed by atoms with Crippen LogP contribution in [0.3, 0.4) is 0 Å². The summed E-state index contributed by atoms with van der Waals surface area (Å²) in [6, 6.07) is 2.94. The normalized spacial score (nSPS) is 24.6. The first-order valence-corrected chi connectivity index (χ1v) is 8.04. The summed E-state index contributed by atoms with van der Waals surface area (Å²) in [7, 11) is 1.45. The minimum Gasteiger partial charge on any atom is -0.507 e. The van der Waals surface area contributed by atoms with Crippen LogP contribution in [0.25, 0.3) is 6.08 Å². The number of fused-ring (bicyclic) bond motifs is 1. The Balaban J connectivity index is 2.40. The fourth-order valence-corrected chi connectivity index (χ4v) is 2.44. The van der Waals surface area contributed by atoms with Crippen LogP contribution in [0.4, 0.5) is 0 Å². The van der Waals surface area contributed by atoms with Gasteiger partial charge in [0.2, 0.25) is 0 Å². The van der Waals surface area contributed by atoms with Gasteiger partial charge in [-0.05, 0) is 24.1 Å². The molecule has 6 heteroatoms. The summed E-state index contributed by atoms with van der Waals surface area (Å²) in [5.74, 6) is -0.871. The lowest BCUT2D eigenvalue weighted by Crippen LogP contribution is -2.14. The van der Waals surface area contributed by atoms with Crippen LogP contribution in [0.1, 0.15) is 35.7 Å². The summed E-state index contributed by atoms with van der Waals surface area (Å²) in [6.07, 6.45) is 5.71. The molecule has 0 aromatic heterocycles. The topological polar surface area (TPSA) is 93.1 Å². The third kappa shape index (κ3) is 5.19. The number of hydrogen-bond acceptors (Lipinski definition) is 6. The number of aliphatic hydroxyl groups excluding tert-OH is 1. The molecule has 0 bridgehead atoms. The van der Waals surface area contributed by atoms with Crippen molar-refractivity contribution in [2.75, 3.05) is 13.7 Å². The van der Waals surface area contributed by atoms with E-state index >= 15 is 0 Å². The van der Waals surface area contributed by atoms with Gasteiger partial charge < -0.3 is 19.7 Å². The molecule has 0 saturated heterocycles. The van der Waals surface area contributed by atoms with Gasteiger partial charge in [0.05, 0.1) is 19.8 Å². The predicted octanol–water partition coefficient (Wildman–Crippen LogP) is 2.49. The Bertz CT molecular complexity index is 704. The summed E-state index contributed by atoms with van der Waals surface area (Å²) in [4.78, 5) is 24.1. The highest BCUT2D eigenvalue weighted by molar-refractivity contribution is 5.97. The highest BCUT2D eigenvalue weighted by Gasteiger charge is 2.19. The van der Waals surface area contributed by atoms with Crippen molar-refractivity contribution in [3.8, 4) is 11.5 Å². The molecule has 1 aliphatic rings. The molecule has 1 aromatic rings. The van der Waals surface area contributed by atoms with Gasteiger partial charge in [0.15, 0.2) is 5.78 Å². The van der Waals surface area contributed by atoms with E-state index in [9.17, 15) is 19.8 Å². The third-order valence-corrected chi connectivity index (χ3v) is 3.79. The molecule has 2 rings (SSSR count). The van der Waals surface area contributed by atoms with Gasteiger partial charge in [-0.1, -0.05) is 25.2 Å². The Kier molecular flexibility index (Phi) is 6.36. The maximum absolute atomic E-state index is 12.4. The smallest absolute Gasteiger partial charge is 0.342 e. The van der Waals surface area contributed by atoms with Gasteiger partial charge in [0.25, 0.3) is 0 Å². The average molecular weight is 346 g/mol. The van der Waals surface area contributed by atoms with Crippen molar-refractivity contribution >= 4 is 17.8 Å². The van der Waals surface area contributed by atoms with Crippen LogP contribution >= 0.6 is 0 Å². The monoisotopic (exact) mass is 346 g/mol. The lowest BCUT2D eigenvalue weighted by atomic mass is 10.0. The Morgan fingerprint density at radius 3 is 2.72 bits per heavy atom. The second-order valence-electron chi connectivity index (χ2n) is 6.01. The number of phenolic OH excluding ortho intramolecular Hbond substituents is 1. The molecule has 1 aromatic carbocycles. The van der Waals surface area contributed by atoms with Crippen molar-refractivity contribution in [2.24, 2.45) is 5.92 Å². The number of carbonyl (C=O) groups is 2. The minimum atomic E-state index is -0.818. The number of ether oxygens (including phenoxy) is 2. The van der Waals surface area contributed by atoms with Gasteiger partial charge in [0.1, 0.15) is 17.1 Å². The Morgan fingerprint density at radius 1 is 1.24 bits per heavy atom. The number of carbonyl (C=O) groups excluding carboxylic acids is 2. The number of allylic oxidation sites excluding steroid dienone is 1. The van der Waals surface area contributed by atoms with Gasteiger partial charge in [-0.15, -0.1) is 0 Å². The zero-order chi connectivity index (χ0) is 18.4. The number of ketones is 1. The van der Waals surface area contributed by atoms with Crippen molar-refractivity contribution in [3.63, 3.8) is 0 Å². The molecule has 2 atom stereocenters. The lowest BCUT2D eigenvalue weighted by Gasteiger charge is -2.13. The second kappa shape index (κ2) is 8.48. The number of phenols is 1. The Hall–Kier alpha value is -2.60. The average Bonchev–Trinajstić information content (AvgIpc) is 2.56. The van der Waals surface area contributed by atoms with Crippen molar-refractivity contribution in [2.45, 2.75) is 25.9 Å². The number of aromatic hydroxyl groups is 1. The van der Waals surface area contributed by atoms with Gasteiger partial charge in [0, 0.05) is 18.4 Å². The van der Waals surface area contributed by atoms with Crippen LogP contribution in [0.2, 0.25) is 0 Å². The zero-order valence-corrected chi connectivity index (χ0v) is 14.3. The molecule has 0 radical (unpaired) electrons. The van der Waals surface area contributed by atoms with Crippen molar-refractivity contribution in [3.05, 3.63) is 41.5 Å². The molecule has 134 valence electrons. The number of hydrogen-bond donors (Lipinski definition) is 2. The first kappa shape index (κ1) is 18.7. The van der Waals surface area contributed by atoms with E-state index in [0.717, 1.165) is 0 Å². The highest BCUT2D eigenvalue weighted by atomic mass is 16.5. The van der Waals surface area contributed by atoms with Gasteiger partial charge in [-0.25, -0.2) is 4.79 Å². The standard InChI is InChI=1S/C19H22O6/c1-12-6-7-15(21)9-14(20)5-3-4-13-8-16(24-2)10-17(22)18(13)19(23)25-11-12/h3-4,6-8,10,12,14,20,22H,5,9,11H2,1-2H3/b4-3+,7-6+/t12-,14?/m1/s1. The number of esters is 1. The summed E-state index contributed by atoms with van der Waals surface area (Å²) in [5.41, 5.74) is 0.455. The first-order valence-electron chi connectivity index (χ1n) is 8.04. The zero-order valence-electron chi connectivity index (χ0n) is 14.3. The molecule has 1 heterocycles. The first-order chi connectivity index (χ1) is 11.9. The van der Waals surface area contributed by atoms with Gasteiger partial charge in [-0.3, -0.25) is 4.79 Å². The molecular weight excluding hydrogens is 324 g/mol. The van der Waals surface area contributed by atoms with Crippen molar-refractivity contribution < 1.29 is 29.3 Å². The molecule has 0 saturated carbocycles. The highest BCUT2D eigenvalue weighted by Crippen LogP contribution is 2.30. The molecule has 1 aliphatic heterocycles. The van der Waals surface area contributed by atoms with Crippen LogP contribution in [0, 0.1) is 5.92 Å². The number of cyclic esters (lactones) is 1. The fraction of sp³-hybridized carbons (Fsp3) is 0.368. The van der Waals surface area contributed by atoms with Crippen molar-refractivity contribution in [1.82, 2.24) is 0 Å². The van der Waals surface area contributed by atoms with Crippen molar-refractivity contribution in [1.29, 1.82) is 0 Å². The molecule has 0 spiro atoms. The predicted molar refractivity (Wildman–Crippen MR) is 92.5 cm³/mol. The summed E-state index contributed by atoms with van der Waals surface area (Å²) < 4.78 is 10.4. The number of aliphatic hydroxyl groups is 1. The molecule has 0 amide bonds. The van der Waals surface area contributed by atoms with Crippen LogP contribution < -0.4 is 4.74 Å². The van der Waals surface area contributed by atoms with Crippen LogP contribution in [0.15, 0.2) is 30.4 Å². The molecule has 0 fully saturated rings. The maximum atomic E-state index is 12.4. The van der Waals surface area contributed by atoms with Gasteiger partial charge >= 0.3 is 5.97 Å². The molecule has 2 N–H and O–H groups in total. The quantitative estimate of drug-likeness (QED) is 0.759. The summed E-state index contributed by atoms with van der Waals surface area (Å²) in [5, 5.41) is 20.1. The second-order valence-corrected chi connectivity index (χ2v) is 6.01. The van der Waals surface area contributed by atoms with E-state index in [1.165, 1.54) is 19.3 Å². The van der Waals surface area contributed by atoms with Crippen LogP contribution in [-0.4, -0.2) is 41.8 Å². The molecule has 1 unspecified atom stereocenters. The van der Waals surface area contributed by atoms with E-state index in [0.29, 0.717) is 11.3 Å². The van der Waals surface area contributed by atoms with Crippen LogP contribution in [0.5, 0.6) is 11.5 Å². The third-order valence-electron chi connectivity index (χ3n) is 3.79. The van der Waals surface area contributed by atoms with Crippen LogP contribution in [-0.2, 0) is 9.53 Å². The van der Waals surface area contributed by atoms with E-state index in [1.807, 2.05) is 0 Å².